The minimum Gasteiger partial charge on any atom is -0.493 e. The van der Waals surface area contributed by atoms with Crippen molar-refractivity contribution in [2.45, 2.75) is 6.61 Å². The van der Waals surface area contributed by atoms with Crippen molar-refractivity contribution in [3.63, 3.8) is 0 Å². The van der Waals surface area contributed by atoms with Crippen LogP contribution in [0.5, 0.6) is 11.5 Å². The summed E-state index contributed by atoms with van der Waals surface area (Å²) < 4.78 is 13.0. The smallest absolute Gasteiger partial charge is 0.282 e. The molecule has 5 aromatic rings. The second-order valence-electron chi connectivity index (χ2n) is 7.83. The van der Waals surface area contributed by atoms with Gasteiger partial charge in [-0.1, -0.05) is 78.9 Å². The molecule has 1 heterocycles. The number of fused-ring (bicyclic) bond motifs is 1. The monoisotopic (exact) mass is 461 g/mol. The highest BCUT2D eigenvalue weighted by atomic mass is 16.5. The highest BCUT2D eigenvalue weighted by molar-refractivity contribution is 5.86. The lowest BCUT2D eigenvalue weighted by atomic mass is 10.2. The summed E-state index contributed by atoms with van der Waals surface area (Å²) in [5.74, 6) is 1.59. The molecule has 0 radical (unpaired) electrons. The van der Waals surface area contributed by atoms with Crippen molar-refractivity contribution in [2.24, 2.45) is 5.10 Å². The van der Waals surface area contributed by atoms with Crippen molar-refractivity contribution < 1.29 is 9.47 Å². The summed E-state index contributed by atoms with van der Waals surface area (Å²) in [6, 6.07) is 32.2. The van der Waals surface area contributed by atoms with Crippen LogP contribution in [-0.4, -0.2) is 23.0 Å². The van der Waals surface area contributed by atoms with Gasteiger partial charge in [0.15, 0.2) is 17.3 Å². The zero-order chi connectivity index (χ0) is 24.0. The number of methoxy groups -OCH3 is 1. The van der Waals surface area contributed by atoms with Crippen molar-refractivity contribution in [3.05, 3.63) is 125 Å². The van der Waals surface area contributed by atoms with Crippen LogP contribution >= 0.6 is 0 Å². The molecule has 6 heteroatoms. The van der Waals surface area contributed by atoms with E-state index in [-0.39, 0.29) is 5.56 Å². The Labute approximate surface area is 202 Å². The van der Waals surface area contributed by atoms with E-state index in [1.165, 1.54) is 4.68 Å². The molecule has 0 fully saturated rings. The lowest BCUT2D eigenvalue weighted by molar-refractivity contribution is 0.284. The molecule has 5 rings (SSSR count). The third-order valence-electron chi connectivity index (χ3n) is 5.55. The molecule has 0 saturated heterocycles. The van der Waals surface area contributed by atoms with Gasteiger partial charge in [0.25, 0.3) is 5.56 Å². The zero-order valence-electron chi connectivity index (χ0n) is 19.2. The second kappa shape index (κ2) is 10.1. The van der Waals surface area contributed by atoms with E-state index in [9.17, 15) is 4.79 Å². The van der Waals surface area contributed by atoms with Crippen molar-refractivity contribution >= 4 is 17.1 Å². The fraction of sp³-hybridized carbons (Fsp3) is 0.0690. The van der Waals surface area contributed by atoms with E-state index < -0.39 is 0 Å². The summed E-state index contributed by atoms with van der Waals surface area (Å²) in [4.78, 5) is 18.2. The first-order valence-electron chi connectivity index (χ1n) is 11.2. The quantitative estimate of drug-likeness (QED) is 0.299. The molecule has 4 aromatic carbocycles. The number of hydrogen-bond acceptors (Lipinski definition) is 5. The van der Waals surface area contributed by atoms with Crippen LogP contribution in [0.2, 0.25) is 0 Å². The second-order valence-corrected chi connectivity index (χ2v) is 7.83. The minimum atomic E-state index is -0.250. The lowest BCUT2D eigenvalue weighted by Gasteiger charge is -2.14. The van der Waals surface area contributed by atoms with E-state index in [0.717, 1.165) is 11.1 Å². The zero-order valence-corrected chi connectivity index (χ0v) is 19.2. The molecule has 35 heavy (non-hydrogen) atoms. The number of hydrogen-bond donors (Lipinski definition) is 0. The summed E-state index contributed by atoms with van der Waals surface area (Å²) >= 11 is 0. The van der Waals surface area contributed by atoms with Gasteiger partial charge in [-0.2, -0.15) is 9.78 Å². The maximum atomic E-state index is 13.4. The number of benzene rings is 4. The highest BCUT2D eigenvalue weighted by Crippen LogP contribution is 2.31. The summed E-state index contributed by atoms with van der Waals surface area (Å²) in [5, 5.41) is 5.07. The minimum absolute atomic E-state index is 0.250. The average Bonchev–Trinajstić information content (AvgIpc) is 2.92. The fourth-order valence-corrected chi connectivity index (χ4v) is 3.80. The van der Waals surface area contributed by atoms with Crippen LogP contribution in [0.15, 0.2) is 113 Å². The first-order valence-corrected chi connectivity index (χ1v) is 11.2. The molecule has 172 valence electrons. The van der Waals surface area contributed by atoms with Crippen LogP contribution in [0, 0.1) is 0 Å². The Morgan fingerprint density at radius 1 is 0.857 bits per heavy atom. The Bertz CT molecular complexity index is 1540. The molecule has 0 spiro atoms. The normalized spacial score (nSPS) is 11.1. The Balaban J connectivity index is 1.59. The van der Waals surface area contributed by atoms with Crippen molar-refractivity contribution in [1.29, 1.82) is 0 Å². The van der Waals surface area contributed by atoms with Crippen LogP contribution in [0.1, 0.15) is 11.1 Å². The average molecular weight is 462 g/mol. The van der Waals surface area contributed by atoms with Gasteiger partial charge < -0.3 is 9.47 Å². The number of nitrogens with zero attached hydrogens (tertiary/aromatic N) is 3. The summed E-state index contributed by atoms with van der Waals surface area (Å²) in [6.45, 7) is 0.370. The fourth-order valence-electron chi connectivity index (χ4n) is 3.80. The molecule has 0 unspecified atom stereocenters. The highest BCUT2D eigenvalue weighted by Gasteiger charge is 2.14. The number of rotatable bonds is 7. The van der Waals surface area contributed by atoms with Crippen LogP contribution < -0.4 is 15.0 Å². The molecule has 6 nitrogen and oxygen atoms in total. The number of ether oxygens (including phenoxy) is 2. The van der Waals surface area contributed by atoms with Crippen molar-refractivity contribution in [1.82, 2.24) is 9.66 Å². The van der Waals surface area contributed by atoms with E-state index in [0.29, 0.717) is 40.4 Å². The lowest BCUT2D eigenvalue weighted by Crippen LogP contribution is -2.20. The third kappa shape index (κ3) is 4.68. The Morgan fingerprint density at radius 2 is 1.57 bits per heavy atom. The predicted molar refractivity (Wildman–Crippen MR) is 138 cm³/mol. The summed E-state index contributed by atoms with van der Waals surface area (Å²) in [7, 11) is 1.59. The van der Waals surface area contributed by atoms with Crippen molar-refractivity contribution in [2.75, 3.05) is 7.11 Å². The SMILES string of the molecule is COc1cccc(C=Nn2c(-c3ccccc3)nc3ccccc3c2=O)c1OCc1ccccc1. The number of para-hydroxylation sites is 2. The Morgan fingerprint density at radius 3 is 2.34 bits per heavy atom. The molecule has 0 N–H and O–H groups in total. The molecular weight excluding hydrogens is 438 g/mol. The van der Waals surface area contributed by atoms with Gasteiger partial charge in [-0.3, -0.25) is 4.79 Å². The van der Waals surface area contributed by atoms with Crippen LogP contribution in [-0.2, 0) is 6.61 Å². The molecule has 0 bridgehead atoms. The van der Waals surface area contributed by atoms with Crippen LogP contribution in [0.25, 0.3) is 22.3 Å². The van der Waals surface area contributed by atoms with Gasteiger partial charge in [-0.25, -0.2) is 4.98 Å². The first-order chi connectivity index (χ1) is 17.2. The summed E-state index contributed by atoms with van der Waals surface area (Å²) in [5.41, 5.74) is 2.87. The molecule has 0 amide bonds. The topological polar surface area (TPSA) is 65.7 Å². The summed E-state index contributed by atoms with van der Waals surface area (Å²) in [6.07, 6.45) is 1.60. The maximum Gasteiger partial charge on any atom is 0.282 e. The van der Waals surface area contributed by atoms with E-state index >= 15 is 0 Å². The van der Waals surface area contributed by atoms with Gasteiger partial charge in [0.1, 0.15) is 6.61 Å². The standard InChI is InChI=1S/C29H23N3O3/c1-34-26-18-10-15-23(27(26)35-20-21-11-4-2-5-12-21)19-30-32-28(22-13-6-3-7-14-22)31-25-17-9-8-16-24(25)29(32)33/h2-19H,20H2,1H3. The van der Waals surface area contributed by atoms with E-state index in [1.54, 1.807) is 19.4 Å². The molecule has 0 aliphatic heterocycles. The van der Waals surface area contributed by atoms with Crippen molar-refractivity contribution in [3.8, 4) is 22.9 Å². The Hall–Kier alpha value is -4.71. The largest absolute Gasteiger partial charge is 0.493 e. The van der Waals surface area contributed by atoms with Gasteiger partial charge in [-0.05, 0) is 29.8 Å². The van der Waals surface area contributed by atoms with Gasteiger partial charge in [0, 0.05) is 11.1 Å². The molecule has 0 aliphatic rings. The maximum absolute atomic E-state index is 13.4. The van der Waals surface area contributed by atoms with Gasteiger partial charge in [0.2, 0.25) is 0 Å². The van der Waals surface area contributed by atoms with Gasteiger partial charge >= 0.3 is 0 Å². The van der Waals surface area contributed by atoms with Crippen LogP contribution in [0.4, 0.5) is 0 Å². The van der Waals surface area contributed by atoms with E-state index in [4.69, 9.17) is 14.5 Å². The molecular formula is C29H23N3O3. The van der Waals surface area contributed by atoms with Crippen LogP contribution in [0.3, 0.4) is 0 Å². The van der Waals surface area contributed by atoms with Gasteiger partial charge in [0.05, 0.1) is 24.2 Å². The number of aromatic nitrogens is 2. The molecule has 0 aliphatic carbocycles. The van der Waals surface area contributed by atoms with E-state index in [2.05, 4.69) is 5.10 Å². The molecule has 0 saturated carbocycles. The molecule has 0 atom stereocenters. The molecule has 1 aromatic heterocycles. The third-order valence-corrected chi connectivity index (χ3v) is 5.55. The van der Waals surface area contributed by atoms with Gasteiger partial charge in [-0.15, -0.1) is 0 Å². The van der Waals surface area contributed by atoms with E-state index in [1.807, 2.05) is 97.1 Å². The first kappa shape index (κ1) is 22.1. The Kier molecular flexibility index (Phi) is 6.35. The predicted octanol–water partition coefficient (Wildman–Crippen LogP) is 5.53.